The SMILES string of the molecule is CCc1n[nH]c(=S)n1/N=C\c1ccccc1OCC(C)C. The molecule has 6 heteroatoms. The van der Waals surface area contributed by atoms with Crippen molar-refractivity contribution in [3.8, 4) is 5.75 Å². The molecule has 1 N–H and O–H groups in total. The van der Waals surface area contributed by atoms with E-state index in [9.17, 15) is 0 Å². The van der Waals surface area contributed by atoms with Crippen molar-refractivity contribution in [2.45, 2.75) is 27.2 Å². The maximum Gasteiger partial charge on any atom is 0.216 e. The fourth-order valence-electron chi connectivity index (χ4n) is 1.77. The minimum absolute atomic E-state index is 0.476. The predicted molar refractivity (Wildman–Crippen MR) is 86.6 cm³/mol. The average molecular weight is 304 g/mol. The molecule has 0 aliphatic carbocycles. The molecule has 112 valence electrons. The Labute approximate surface area is 129 Å². The van der Waals surface area contributed by atoms with Crippen LogP contribution >= 0.6 is 12.2 Å². The van der Waals surface area contributed by atoms with Gasteiger partial charge in [0.15, 0.2) is 5.82 Å². The fraction of sp³-hybridized carbons (Fsp3) is 0.400. The van der Waals surface area contributed by atoms with Crippen LogP contribution in [0.2, 0.25) is 0 Å². The molecule has 1 heterocycles. The number of aromatic amines is 1. The number of H-pyrrole nitrogens is 1. The summed E-state index contributed by atoms with van der Waals surface area (Å²) in [5, 5.41) is 11.3. The maximum atomic E-state index is 5.81. The molecule has 21 heavy (non-hydrogen) atoms. The minimum atomic E-state index is 0.476. The molecule has 0 aliphatic rings. The van der Waals surface area contributed by atoms with Gasteiger partial charge in [-0.25, -0.2) is 0 Å². The van der Waals surface area contributed by atoms with Crippen molar-refractivity contribution in [1.29, 1.82) is 0 Å². The first kappa shape index (κ1) is 15.4. The van der Waals surface area contributed by atoms with Crippen LogP contribution in [0.5, 0.6) is 5.75 Å². The molecule has 0 unspecified atom stereocenters. The van der Waals surface area contributed by atoms with Crippen LogP contribution in [0.25, 0.3) is 0 Å². The summed E-state index contributed by atoms with van der Waals surface area (Å²) in [6, 6.07) is 7.82. The van der Waals surface area contributed by atoms with E-state index in [0.29, 0.717) is 17.3 Å². The fourth-order valence-corrected chi connectivity index (χ4v) is 1.97. The van der Waals surface area contributed by atoms with Crippen LogP contribution in [-0.2, 0) is 6.42 Å². The molecule has 0 amide bonds. The Morgan fingerprint density at radius 1 is 1.43 bits per heavy atom. The maximum absolute atomic E-state index is 5.81. The number of rotatable bonds is 6. The summed E-state index contributed by atoms with van der Waals surface area (Å²) in [5.41, 5.74) is 0.920. The highest BCUT2D eigenvalue weighted by molar-refractivity contribution is 7.71. The van der Waals surface area contributed by atoms with Gasteiger partial charge in [-0.15, -0.1) is 0 Å². The van der Waals surface area contributed by atoms with E-state index in [1.54, 1.807) is 10.9 Å². The number of ether oxygens (including phenoxy) is 1. The molecule has 0 aliphatic heterocycles. The molecule has 0 atom stereocenters. The monoisotopic (exact) mass is 304 g/mol. The quantitative estimate of drug-likeness (QED) is 0.657. The third kappa shape index (κ3) is 4.01. The van der Waals surface area contributed by atoms with Crippen molar-refractivity contribution >= 4 is 18.4 Å². The van der Waals surface area contributed by atoms with Gasteiger partial charge in [0.05, 0.1) is 12.8 Å². The van der Waals surface area contributed by atoms with E-state index < -0.39 is 0 Å². The van der Waals surface area contributed by atoms with Gasteiger partial charge >= 0.3 is 0 Å². The van der Waals surface area contributed by atoms with Gasteiger partial charge in [0.1, 0.15) is 5.75 Å². The van der Waals surface area contributed by atoms with Crippen molar-refractivity contribution in [3.63, 3.8) is 0 Å². The lowest BCUT2D eigenvalue weighted by Gasteiger charge is -2.10. The first-order chi connectivity index (χ1) is 10.1. The predicted octanol–water partition coefficient (Wildman–Crippen LogP) is 3.42. The second-order valence-corrected chi connectivity index (χ2v) is 5.48. The van der Waals surface area contributed by atoms with E-state index in [1.807, 2.05) is 31.2 Å². The van der Waals surface area contributed by atoms with Crippen LogP contribution in [0.4, 0.5) is 0 Å². The number of aryl methyl sites for hydroxylation is 1. The van der Waals surface area contributed by atoms with Gasteiger partial charge < -0.3 is 4.74 Å². The van der Waals surface area contributed by atoms with Gasteiger partial charge in [-0.3, -0.25) is 5.10 Å². The highest BCUT2D eigenvalue weighted by Gasteiger charge is 2.04. The van der Waals surface area contributed by atoms with Crippen molar-refractivity contribution in [1.82, 2.24) is 14.9 Å². The molecule has 0 spiro atoms. The van der Waals surface area contributed by atoms with Crippen LogP contribution in [-0.4, -0.2) is 27.7 Å². The van der Waals surface area contributed by atoms with E-state index in [0.717, 1.165) is 23.6 Å². The molecule has 0 radical (unpaired) electrons. The molecule has 2 rings (SSSR count). The Kier molecular flexibility index (Phi) is 5.27. The highest BCUT2D eigenvalue weighted by atomic mass is 32.1. The van der Waals surface area contributed by atoms with E-state index in [-0.39, 0.29) is 0 Å². The smallest absolute Gasteiger partial charge is 0.216 e. The molecular weight excluding hydrogens is 284 g/mol. The van der Waals surface area contributed by atoms with Gasteiger partial charge in [0, 0.05) is 12.0 Å². The zero-order valence-corrected chi connectivity index (χ0v) is 13.4. The summed E-state index contributed by atoms with van der Waals surface area (Å²) < 4.78 is 7.93. The topological polar surface area (TPSA) is 55.2 Å². The van der Waals surface area contributed by atoms with Crippen LogP contribution in [0.15, 0.2) is 29.4 Å². The summed E-state index contributed by atoms with van der Waals surface area (Å²) in [7, 11) is 0. The van der Waals surface area contributed by atoms with Gasteiger partial charge in [-0.05, 0) is 30.3 Å². The van der Waals surface area contributed by atoms with Gasteiger partial charge in [-0.1, -0.05) is 32.9 Å². The Morgan fingerprint density at radius 2 is 2.19 bits per heavy atom. The number of hydrogen-bond acceptors (Lipinski definition) is 4. The number of para-hydroxylation sites is 1. The summed E-state index contributed by atoms with van der Waals surface area (Å²) in [5.74, 6) is 2.10. The van der Waals surface area contributed by atoms with Crippen LogP contribution < -0.4 is 4.74 Å². The molecule has 1 aromatic heterocycles. The van der Waals surface area contributed by atoms with Crippen molar-refractivity contribution in [3.05, 3.63) is 40.4 Å². The minimum Gasteiger partial charge on any atom is -0.493 e. The summed E-state index contributed by atoms with van der Waals surface area (Å²) in [6.45, 7) is 6.93. The number of nitrogens with one attached hydrogen (secondary N) is 1. The Bertz CT molecular complexity index is 672. The van der Waals surface area contributed by atoms with Crippen LogP contribution in [0, 0.1) is 10.7 Å². The third-order valence-corrected chi connectivity index (χ3v) is 3.10. The van der Waals surface area contributed by atoms with Gasteiger partial charge in [0.2, 0.25) is 4.77 Å². The first-order valence-corrected chi connectivity index (χ1v) is 7.45. The highest BCUT2D eigenvalue weighted by Crippen LogP contribution is 2.17. The van der Waals surface area contributed by atoms with E-state index >= 15 is 0 Å². The Hall–Kier alpha value is -1.95. The molecule has 0 saturated heterocycles. The number of hydrogen-bond donors (Lipinski definition) is 1. The van der Waals surface area contributed by atoms with Crippen molar-refractivity contribution in [2.24, 2.45) is 11.0 Å². The number of nitrogens with zero attached hydrogens (tertiary/aromatic N) is 3. The van der Waals surface area contributed by atoms with Crippen LogP contribution in [0.3, 0.4) is 0 Å². The Morgan fingerprint density at radius 3 is 2.90 bits per heavy atom. The lowest BCUT2D eigenvalue weighted by molar-refractivity contribution is 0.270. The molecule has 0 bridgehead atoms. The largest absolute Gasteiger partial charge is 0.493 e. The second-order valence-electron chi connectivity index (χ2n) is 5.10. The lowest BCUT2D eigenvalue weighted by Crippen LogP contribution is -2.06. The normalized spacial score (nSPS) is 11.4. The van der Waals surface area contributed by atoms with Gasteiger partial charge in [-0.2, -0.15) is 14.9 Å². The molecular formula is C15H20N4OS. The standard InChI is InChI=1S/C15H20N4OS/c1-4-14-17-18-15(21)19(14)16-9-12-7-5-6-8-13(12)20-10-11(2)3/h5-9,11H,4,10H2,1-3H3,(H,18,21)/b16-9-. The summed E-state index contributed by atoms with van der Waals surface area (Å²) >= 11 is 5.17. The van der Waals surface area contributed by atoms with E-state index in [4.69, 9.17) is 17.0 Å². The molecule has 0 fully saturated rings. The average Bonchev–Trinajstić information content (AvgIpc) is 2.84. The van der Waals surface area contributed by atoms with Crippen LogP contribution in [0.1, 0.15) is 32.2 Å². The number of aromatic nitrogens is 3. The third-order valence-electron chi connectivity index (χ3n) is 2.84. The van der Waals surface area contributed by atoms with Crippen molar-refractivity contribution in [2.75, 3.05) is 6.61 Å². The van der Waals surface area contributed by atoms with Gasteiger partial charge in [0.25, 0.3) is 0 Å². The van der Waals surface area contributed by atoms with E-state index in [1.165, 1.54) is 0 Å². The summed E-state index contributed by atoms with van der Waals surface area (Å²) in [4.78, 5) is 0. The molecule has 2 aromatic rings. The number of benzene rings is 1. The summed E-state index contributed by atoms with van der Waals surface area (Å²) in [6.07, 6.45) is 2.51. The Balaban J connectivity index is 2.24. The zero-order chi connectivity index (χ0) is 15.2. The zero-order valence-electron chi connectivity index (χ0n) is 12.5. The van der Waals surface area contributed by atoms with Crippen molar-refractivity contribution < 1.29 is 4.74 Å². The van der Waals surface area contributed by atoms with E-state index in [2.05, 4.69) is 29.1 Å². The first-order valence-electron chi connectivity index (χ1n) is 7.04. The molecule has 5 nitrogen and oxygen atoms in total. The molecule has 1 aromatic carbocycles. The molecule has 0 saturated carbocycles. The lowest BCUT2D eigenvalue weighted by atomic mass is 10.2. The second kappa shape index (κ2) is 7.17.